The molecule has 1 heterocycles. The fraction of sp³-hybridized carbons (Fsp3) is 0.647. The van der Waals surface area contributed by atoms with Crippen molar-refractivity contribution in [2.45, 2.75) is 53.9 Å². The molecule has 2 N–H and O–H groups in total. The molecule has 0 aliphatic rings. The zero-order chi connectivity index (χ0) is 17.6. The van der Waals surface area contributed by atoms with E-state index in [1.165, 1.54) is 11.3 Å². The van der Waals surface area contributed by atoms with Crippen molar-refractivity contribution < 1.29 is 19.4 Å². The lowest BCUT2D eigenvalue weighted by Gasteiger charge is -2.17. The molecule has 0 radical (unpaired) electrons. The summed E-state index contributed by atoms with van der Waals surface area (Å²) >= 11 is 1.40. The maximum atomic E-state index is 12.3. The molecule has 0 aliphatic heterocycles. The third-order valence-corrected chi connectivity index (χ3v) is 4.66. The van der Waals surface area contributed by atoms with Crippen molar-refractivity contribution in [1.29, 1.82) is 0 Å². The molecule has 0 atom stereocenters. The Morgan fingerprint density at radius 3 is 2.39 bits per heavy atom. The van der Waals surface area contributed by atoms with Crippen LogP contribution in [0.1, 0.15) is 60.8 Å². The molecule has 1 amide bonds. The van der Waals surface area contributed by atoms with Crippen molar-refractivity contribution in [1.82, 2.24) is 0 Å². The second kappa shape index (κ2) is 8.45. The molecule has 0 saturated carbocycles. The zero-order valence-corrected chi connectivity index (χ0v) is 15.4. The van der Waals surface area contributed by atoms with E-state index in [0.717, 1.165) is 23.3 Å². The lowest BCUT2D eigenvalue weighted by Crippen LogP contribution is -2.28. The Balaban J connectivity index is 2.81. The number of amides is 1. The van der Waals surface area contributed by atoms with Gasteiger partial charge in [-0.2, -0.15) is 0 Å². The largest absolute Gasteiger partial charge is 0.462 e. The van der Waals surface area contributed by atoms with Crippen LogP contribution in [0.2, 0.25) is 0 Å². The van der Waals surface area contributed by atoms with Gasteiger partial charge in [-0.25, -0.2) is 4.79 Å². The molecule has 1 aromatic rings. The predicted octanol–water partition coefficient (Wildman–Crippen LogP) is 3.67. The molecule has 0 aromatic carbocycles. The maximum absolute atomic E-state index is 12.3. The Hall–Kier alpha value is -1.40. The Morgan fingerprint density at radius 2 is 1.83 bits per heavy atom. The van der Waals surface area contributed by atoms with Crippen LogP contribution in [0.4, 0.5) is 5.00 Å². The van der Waals surface area contributed by atoms with Gasteiger partial charge in [-0.15, -0.1) is 11.3 Å². The van der Waals surface area contributed by atoms with Crippen molar-refractivity contribution >= 4 is 28.2 Å². The topological polar surface area (TPSA) is 75.6 Å². The number of anilines is 1. The Bertz CT molecular complexity index is 558. The highest BCUT2D eigenvalue weighted by atomic mass is 32.1. The second-order valence-electron chi connectivity index (χ2n) is 6.61. The first-order valence-electron chi connectivity index (χ1n) is 7.88. The summed E-state index contributed by atoms with van der Waals surface area (Å²) in [6, 6.07) is 0. The summed E-state index contributed by atoms with van der Waals surface area (Å²) in [6.07, 6.45) is 2.25. The number of carbonyl (C=O) groups is 2. The molecule has 0 saturated heterocycles. The first-order chi connectivity index (χ1) is 10.7. The van der Waals surface area contributed by atoms with E-state index >= 15 is 0 Å². The lowest BCUT2D eigenvalue weighted by molar-refractivity contribution is -0.123. The number of carbonyl (C=O) groups excluding carboxylic acids is 2. The number of aliphatic hydroxyl groups excluding tert-OH is 1. The number of aryl methyl sites for hydroxylation is 1. The summed E-state index contributed by atoms with van der Waals surface area (Å²) in [7, 11) is 0. The zero-order valence-electron chi connectivity index (χ0n) is 14.6. The summed E-state index contributed by atoms with van der Waals surface area (Å²) in [5, 5.41) is 12.1. The highest BCUT2D eigenvalue weighted by Gasteiger charge is 2.26. The normalized spacial score (nSPS) is 11.4. The lowest BCUT2D eigenvalue weighted by atomic mass is 9.96. The third-order valence-electron chi connectivity index (χ3n) is 3.53. The molecule has 0 bridgehead atoms. The van der Waals surface area contributed by atoms with Crippen LogP contribution in [-0.2, 0) is 9.53 Å². The van der Waals surface area contributed by atoms with Crippen molar-refractivity contribution in [3.8, 4) is 0 Å². The van der Waals surface area contributed by atoms with Gasteiger partial charge in [-0.1, -0.05) is 20.8 Å². The summed E-state index contributed by atoms with van der Waals surface area (Å²) in [5.41, 5.74) is 0.767. The fourth-order valence-electron chi connectivity index (χ4n) is 1.88. The Kier molecular flexibility index (Phi) is 7.22. The molecule has 0 aliphatic carbocycles. The molecular formula is C17H27NO4S. The maximum Gasteiger partial charge on any atom is 0.341 e. The monoisotopic (exact) mass is 341 g/mol. The number of unbranched alkanes of at least 4 members (excludes halogenated alkanes) is 2. The Labute approximate surface area is 142 Å². The van der Waals surface area contributed by atoms with Crippen LogP contribution in [0.3, 0.4) is 0 Å². The minimum atomic E-state index is -0.530. The van der Waals surface area contributed by atoms with Crippen molar-refractivity contribution in [2.24, 2.45) is 5.41 Å². The van der Waals surface area contributed by atoms with E-state index in [4.69, 9.17) is 9.84 Å². The van der Waals surface area contributed by atoms with Gasteiger partial charge >= 0.3 is 5.97 Å². The molecule has 0 fully saturated rings. The van der Waals surface area contributed by atoms with Gasteiger partial charge in [-0.05, 0) is 38.7 Å². The number of ether oxygens (including phenoxy) is 1. The van der Waals surface area contributed by atoms with E-state index in [-0.39, 0.29) is 12.5 Å². The molecule has 1 rings (SSSR count). The molecule has 0 spiro atoms. The molecule has 0 unspecified atom stereocenters. The van der Waals surface area contributed by atoms with Crippen LogP contribution in [0.5, 0.6) is 0 Å². The van der Waals surface area contributed by atoms with Gasteiger partial charge in [0.05, 0.1) is 12.2 Å². The third kappa shape index (κ3) is 5.62. The number of hydrogen-bond acceptors (Lipinski definition) is 5. The fourth-order valence-corrected chi connectivity index (χ4v) is 2.92. The molecule has 1 aromatic heterocycles. The predicted molar refractivity (Wildman–Crippen MR) is 93.1 cm³/mol. The highest BCUT2D eigenvalue weighted by Crippen LogP contribution is 2.34. The van der Waals surface area contributed by atoms with Crippen LogP contribution < -0.4 is 5.32 Å². The van der Waals surface area contributed by atoms with Gasteiger partial charge in [0.25, 0.3) is 0 Å². The summed E-state index contributed by atoms with van der Waals surface area (Å²) in [5.74, 6) is -0.532. The number of aliphatic hydroxyl groups is 1. The number of nitrogens with one attached hydrogen (secondary N) is 1. The van der Waals surface area contributed by atoms with Crippen LogP contribution in [0.25, 0.3) is 0 Å². The van der Waals surface area contributed by atoms with Gasteiger partial charge in [-0.3, -0.25) is 4.79 Å². The van der Waals surface area contributed by atoms with E-state index in [9.17, 15) is 9.59 Å². The summed E-state index contributed by atoms with van der Waals surface area (Å²) in [6.45, 7) is 9.74. The standard InChI is InChI=1S/C17H27NO4S/c1-11-12(2)23-14(18-16(21)17(3,4)5)13(11)15(20)22-10-8-6-7-9-19/h19H,6-10H2,1-5H3,(H,18,21). The van der Waals surface area contributed by atoms with Gasteiger partial charge in [0.1, 0.15) is 5.00 Å². The quantitative estimate of drug-likeness (QED) is 0.586. The van der Waals surface area contributed by atoms with Crippen LogP contribution >= 0.6 is 11.3 Å². The second-order valence-corrected chi connectivity index (χ2v) is 7.84. The number of thiophene rings is 1. The van der Waals surface area contributed by atoms with Crippen molar-refractivity contribution in [3.05, 3.63) is 16.0 Å². The van der Waals surface area contributed by atoms with E-state index in [1.54, 1.807) is 0 Å². The van der Waals surface area contributed by atoms with E-state index < -0.39 is 11.4 Å². The Morgan fingerprint density at radius 1 is 1.17 bits per heavy atom. The smallest absolute Gasteiger partial charge is 0.341 e. The van der Waals surface area contributed by atoms with Gasteiger partial charge in [0.2, 0.25) is 5.91 Å². The first-order valence-corrected chi connectivity index (χ1v) is 8.69. The van der Waals surface area contributed by atoms with Crippen LogP contribution in [0, 0.1) is 19.3 Å². The average molecular weight is 341 g/mol. The highest BCUT2D eigenvalue weighted by molar-refractivity contribution is 7.16. The van der Waals surface area contributed by atoms with Crippen molar-refractivity contribution in [3.63, 3.8) is 0 Å². The van der Waals surface area contributed by atoms with Crippen LogP contribution in [-0.4, -0.2) is 30.2 Å². The first kappa shape index (κ1) is 19.6. The van der Waals surface area contributed by atoms with Gasteiger partial charge in [0, 0.05) is 16.9 Å². The minimum absolute atomic E-state index is 0.129. The van der Waals surface area contributed by atoms with E-state index in [1.807, 2.05) is 34.6 Å². The number of rotatable bonds is 7. The molecule has 130 valence electrons. The molecule has 5 nitrogen and oxygen atoms in total. The number of hydrogen-bond donors (Lipinski definition) is 2. The van der Waals surface area contributed by atoms with E-state index in [0.29, 0.717) is 23.6 Å². The summed E-state index contributed by atoms with van der Waals surface area (Å²) < 4.78 is 5.31. The van der Waals surface area contributed by atoms with Crippen LogP contribution in [0.15, 0.2) is 0 Å². The van der Waals surface area contributed by atoms with E-state index in [2.05, 4.69) is 5.32 Å². The number of esters is 1. The minimum Gasteiger partial charge on any atom is -0.462 e. The van der Waals surface area contributed by atoms with Gasteiger partial charge in [0.15, 0.2) is 0 Å². The molecular weight excluding hydrogens is 314 g/mol. The van der Waals surface area contributed by atoms with Crippen molar-refractivity contribution in [2.75, 3.05) is 18.5 Å². The molecule has 6 heteroatoms. The SMILES string of the molecule is Cc1sc(NC(=O)C(C)(C)C)c(C(=O)OCCCCCO)c1C. The molecule has 23 heavy (non-hydrogen) atoms. The summed E-state index contributed by atoms with van der Waals surface area (Å²) in [4.78, 5) is 25.5. The average Bonchev–Trinajstić information content (AvgIpc) is 2.72. The van der Waals surface area contributed by atoms with Gasteiger partial charge < -0.3 is 15.2 Å².